The van der Waals surface area contributed by atoms with E-state index in [2.05, 4.69) is 0 Å². The minimum Gasteiger partial charge on any atom is -0.481 e. The van der Waals surface area contributed by atoms with Gasteiger partial charge >= 0.3 is 12.1 Å². The first-order chi connectivity index (χ1) is 9.79. The second-order valence-corrected chi connectivity index (χ2v) is 4.75. The number of carboxylic acids is 1. The predicted molar refractivity (Wildman–Crippen MR) is 72.0 cm³/mol. The smallest absolute Gasteiger partial charge is 0.416 e. The molecule has 0 aromatic heterocycles. The van der Waals surface area contributed by atoms with Crippen LogP contribution in [0.15, 0.2) is 24.3 Å². The van der Waals surface area contributed by atoms with Gasteiger partial charge in [-0.2, -0.15) is 13.2 Å². The normalized spacial score (nSPS) is 14.7. The molecule has 0 bridgehead atoms. The molecule has 118 valence electrons. The number of hydrogen-bond acceptors (Lipinski definition) is 2. The van der Waals surface area contributed by atoms with Crippen LogP contribution >= 0.6 is 0 Å². The number of carboxylic acid groups (broad SMARTS) is 1. The maximum absolute atomic E-state index is 12.5. The van der Waals surface area contributed by atoms with Crippen LogP contribution in [-0.2, 0) is 22.1 Å². The van der Waals surface area contributed by atoms with Gasteiger partial charge < -0.3 is 9.84 Å². The highest BCUT2D eigenvalue weighted by molar-refractivity contribution is 5.71. The Morgan fingerprint density at radius 1 is 1.24 bits per heavy atom. The van der Waals surface area contributed by atoms with Gasteiger partial charge in [0, 0.05) is 6.61 Å². The Hall–Kier alpha value is -1.56. The van der Waals surface area contributed by atoms with Crippen molar-refractivity contribution in [3.8, 4) is 0 Å². The highest BCUT2D eigenvalue weighted by Crippen LogP contribution is 2.29. The summed E-state index contributed by atoms with van der Waals surface area (Å²) in [5, 5.41) is 9.29. The lowest BCUT2D eigenvalue weighted by atomic mass is 9.92. The van der Waals surface area contributed by atoms with Gasteiger partial charge in [0.05, 0.1) is 17.6 Å². The summed E-state index contributed by atoms with van der Waals surface area (Å²) in [6.07, 6.45) is -4.16. The van der Waals surface area contributed by atoms with E-state index < -0.39 is 29.7 Å². The molecular weight excluding hydrogens is 285 g/mol. The van der Waals surface area contributed by atoms with Crippen molar-refractivity contribution in [2.75, 3.05) is 6.61 Å². The Labute approximate surface area is 121 Å². The van der Waals surface area contributed by atoms with Gasteiger partial charge in [-0.25, -0.2) is 0 Å². The van der Waals surface area contributed by atoms with Crippen molar-refractivity contribution >= 4 is 5.97 Å². The molecular formula is C15H19F3O3. The zero-order valence-electron chi connectivity index (χ0n) is 12.0. The molecule has 1 aromatic carbocycles. The number of aliphatic carboxylic acids is 1. The van der Waals surface area contributed by atoms with E-state index in [4.69, 9.17) is 4.74 Å². The largest absolute Gasteiger partial charge is 0.481 e. The minimum absolute atomic E-state index is 0.145. The summed E-state index contributed by atoms with van der Waals surface area (Å²) < 4.78 is 42.8. The van der Waals surface area contributed by atoms with E-state index in [9.17, 15) is 23.1 Å². The van der Waals surface area contributed by atoms with Crippen molar-refractivity contribution < 1.29 is 27.8 Å². The first-order valence-corrected chi connectivity index (χ1v) is 6.80. The van der Waals surface area contributed by atoms with E-state index in [0.717, 1.165) is 12.1 Å². The second-order valence-electron chi connectivity index (χ2n) is 4.75. The quantitative estimate of drug-likeness (QED) is 0.834. The lowest BCUT2D eigenvalue weighted by molar-refractivity contribution is -0.147. The molecule has 2 unspecified atom stereocenters. The first kappa shape index (κ1) is 17.5. The highest BCUT2D eigenvalue weighted by Gasteiger charge is 2.31. The summed E-state index contributed by atoms with van der Waals surface area (Å²) in [6.45, 7) is 4.00. The topological polar surface area (TPSA) is 46.5 Å². The van der Waals surface area contributed by atoms with E-state index in [0.29, 0.717) is 18.6 Å². The molecule has 0 aliphatic carbocycles. The number of halogens is 3. The molecule has 0 saturated heterocycles. The van der Waals surface area contributed by atoms with Crippen molar-refractivity contribution in [3.63, 3.8) is 0 Å². The van der Waals surface area contributed by atoms with Crippen LogP contribution in [0.2, 0.25) is 0 Å². The maximum atomic E-state index is 12.5. The van der Waals surface area contributed by atoms with E-state index in [1.165, 1.54) is 12.1 Å². The van der Waals surface area contributed by atoms with Crippen LogP contribution in [0.4, 0.5) is 13.2 Å². The second kappa shape index (κ2) is 7.45. The summed E-state index contributed by atoms with van der Waals surface area (Å²) in [5.41, 5.74) is -0.191. The zero-order valence-corrected chi connectivity index (χ0v) is 12.0. The van der Waals surface area contributed by atoms with Crippen LogP contribution < -0.4 is 0 Å². The molecule has 0 heterocycles. The Bertz CT molecular complexity index is 454. The lowest BCUT2D eigenvalue weighted by Crippen LogP contribution is -2.32. The van der Waals surface area contributed by atoms with E-state index >= 15 is 0 Å². The fourth-order valence-electron chi connectivity index (χ4n) is 2.19. The van der Waals surface area contributed by atoms with Crippen LogP contribution in [0, 0.1) is 5.92 Å². The van der Waals surface area contributed by atoms with Crippen molar-refractivity contribution in [2.24, 2.45) is 5.92 Å². The van der Waals surface area contributed by atoms with Crippen molar-refractivity contribution in [3.05, 3.63) is 35.4 Å². The molecule has 3 nitrogen and oxygen atoms in total. The number of hydrogen-bond donors (Lipinski definition) is 1. The molecule has 0 saturated carbocycles. The zero-order chi connectivity index (χ0) is 16.0. The fourth-order valence-corrected chi connectivity index (χ4v) is 2.19. The molecule has 0 spiro atoms. The standard InChI is InChI=1S/C15H19F3O3/c1-3-13(21-4-2)12(14(19)20)9-10-5-7-11(8-6-10)15(16,17)18/h5-8,12-13H,3-4,9H2,1-2H3,(H,19,20). The molecule has 6 heteroatoms. The van der Waals surface area contributed by atoms with Gasteiger partial charge in [-0.05, 0) is 37.5 Å². The number of ether oxygens (including phenoxy) is 1. The SMILES string of the molecule is CCOC(CC)C(Cc1ccc(C(F)(F)F)cc1)C(=O)O. The van der Waals surface area contributed by atoms with Gasteiger partial charge in [-0.3, -0.25) is 4.79 Å². The Morgan fingerprint density at radius 2 is 1.81 bits per heavy atom. The summed E-state index contributed by atoms with van der Waals surface area (Å²) in [7, 11) is 0. The van der Waals surface area contributed by atoms with Gasteiger partial charge in [-0.1, -0.05) is 19.1 Å². The van der Waals surface area contributed by atoms with Crippen molar-refractivity contribution in [1.82, 2.24) is 0 Å². The number of rotatable bonds is 7. The van der Waals surface area contributed by atoms with E-state index in [1.807, 2.05) is 6.92 Å². The third kappa shape index (κ3) is 5.04. The van der Waals surface area contributed by atoms with Crippen LogP contribution in [0.25, 0.3) is 0 Å². The Balaban J connectivity index is 2.87. The molecule has 0 amide bonds. The monoisotopic (exact) mass is 304 g/mol. The molecule has 0 aliphatic heterocycles. The van der Waals surface area contributed by atoms with Crippen molar-refractivity contribution in [2.45, 2.75) is 39.0 Å². The third-order valence-electron chi connectivity index (χ3n) is 3.29. The van der Waals surface area contributed by atoms with Crippen molar-refractivity contribution in [1.29, 1.82) is 0 Å². The molecule has 0 fully saturated rings. The summed E-state index contributed by atoms with van der Waals surface area (Å²) in [5.74, 6) is -1.78. The summed E-state index contributed by atoms with van der Waals surface area (Å²) >= 11 is 0. The van der Waals surface area contributed by atoms with Crippen LogP contribution in [0.3, 0.4) is 0 Å². The molecule has 1 aromatic rings. The van der Waals surface area contributed by atoms with Gasteiger partial charge in [-0.15, -0.1) is 0 Å². The van der Waals surface area contributed by atoms with E-state index in [-0.39, 0.29) is 6.42 Å². The molecule has 1 rings (SSSR count). The fraction of sp³-hybridized carbons (Fsp3) is 0.533. The van der Waals surface area contributed by atoms with Crippen LogP contribution in [-0.4, -0.2) is 23.8 Å². The predicted octanol–water partition coefficient (Wildman–Crippen LogP) is 3.76. The molecule has 0 radical (unpaired) electrons. The average molecular weight is 304 g/mol. The molecule has 1 N–H and O–H groups in total. The van der Waals surface area contributed by atoms with Crippen LogP contribution in [0.1, 0.15) is 31.4 Å². The van der Waals surface area contributed by atoms with Gasteiger partial charge in [0.1, 0.15) is 0 Å². The number of alkyl halides is 3. The maximum Gasteiger partial charge on any atom is 0.416 e. The minimum atomic E-state index is -4.39. The Kier molecular flexibility index (Phi) is 6.20. The molecule has 0 aliphatic rings. The third-order valence-corrected chi connectivity index (χ3v) is 3.29. The molecule has 2 atom stereocenters. The molecule has 21 heavy (non-hydrogen) atoms. The van der Waals surface area contributed by atoms with Crippen LogP contribution in [0.5, 0.6) is 0 Å². The Morgan fingerprint density at radius 3 is 2.19 bits per heavy atom. The van der Waals surface area contributed by atoms with E-state index in [1.54, 1.807) is 6.92 Å². The van der Waals surface area contributed by atoms with Gasteiger partial charge in [0.2, 0.25) is 0 Å². The highest BCUT2D eigenvalue weighted by atomic mass is 19.4. The average Bonchev–Trinajstić information content (AvgIpc) is 2.42. The number of benzene rings is 1. The van der Waals surface area contributed by atoms with Gasteiger partial charge in [0.15, 0.2) is 0 Å². The number of carbonyl (C=O) groups is 1. The summed E-state index contributed by atoms with van der Waals surface area (Å²) in [6, 6.07) is 4.57. The summed E-state index contributed by atoms with van der Waals surface area (Å²) in [4.78, 5) is 11.3. The lowest BCUT2D eigenvalue weighted by Gasteiger charge is -2.23. The first-order valence-electron chi connectivity index (χ1n) is 6.80. The van der Waals surface area contributed by atoms with Gasteiger partial charge in [0.25, 0.3) is 0 Å².